The molecule has 194 valence electrons. The highest BCUT2D eigenvalue weighted by Crippen LogP contribution is 2.30. The Labute approximate surface area is 206 Å². The molecular weight excluding hydrogens is 480 g/mol. The maximum absolute atomic E-state index is 13.6. The lowest BCUT2D eigenvalue weighted by Crippen LogP contribution is -2.48. The first-order chi connectivity index (χ1) is 16.8. The van der Waals surface area contributed by atoms with E-state index >= 15 is 0 Å². The molecule has 11 heteroatoms. The van der Waals surface area contributed by atoms with Crippen molar-refractivity contribution in [2.75, 3.05) is 7.05 Å². The molecule has 4 amide bonds. The lowest BCUT2D eigenvalue weighted by Gasteiger charge is -2.26. The Balaban J connectivity index is 1.61. The van der Waals surface area contributed by atoms with Gasteiger partial charge in [-0.2, -0.15) is 13.2 Å². The van der Waals surface area contributed by atoms with Crippen LogP contribution in [0.1, 0.15) is 71.5 Å². The summed E-state index contributed by atoms with van der Waals surface area (Å²) < 4.78 is 52.3. The van der Waals surface area contributed by atoms with Gasteiger partial charge in [0, 0.05) is 30.3 Å². The number of urea groups is 1. The van der Waals surface area contributed by atoms with E-state index in [4.69, 9.17) is 0 Å². The molecule has 7 nitrogen and oxygen atoms in total. The van der Waals surface area contributed by atoms with Gasteiger partial charge in [-0.3, -0.25) is 15.0 Å². The minimum absolute atomic E-state index is 0.0517. The predicted molar refractivity (Wildman–Crippen MR) is 124 cm³/mol. The Hall–Kier alpha value is -3.63. The molecule has 36 heavy (non-hydrogen) atoms. The molecule has 1 fully saturated rings. The fourth-order valence-electron chi connectivity index (χ4n) is 4.18. The SMILES string of the molecule is CC1CCC(C)N1C(=O)c1ccc([C@@H](C)NC(=O)N(C)NC(=O)c2cc(F)cc(C(F)(F)F)c2)cc1. The molecule has 2 aromatic rings. The fourth-order valence-corrected chi connectivity index (χ4v) is 4.18. The minimum atomic E-state index is -4.83. The van der Waals surface area contributed by atoms with E-state index in [9.17, 15) is 31.9 Å². The van der Waals surface area contributed by atoms with Crippen LogP contribution < -0.4 is 10.7 Å². The molecule has 2 aromatic carbocycles. The van der Waals surface area contributed by atoms with Gasteiger partial charge in [-0.15, -0.1) is 0 Å². The monoisotopic (exact) mass is 508 g/mol. The second-order valence-electron chi connectivity index (χ2n) is 9.01. The minimum Gasteiger partial charge on any atom is -0.333 e. The summed E-state index contributed by atoms with van der Waals surface area (Å²) in [4.78, 5) is 39.5. The molecule has 3 rings (SSSR count). The van der Waals surface area contributed by atoms with Crippen molar-refractivity contribution in [1.82, 2.24) is 20.7 Å². The summed E-state index contributed by atoms with van der Waals surface area (Å²) in [6, 6.07) is 7.30. The molecule has 0 saturated carbocycles. The molecule has 1 aliphatic heterocycles. The Morgan fingerprint density at radius 1 is 1.00 bits per heavy atom. The van der Waals surface area contributed by atoms with Gasteiger partial charge in [-0.25, -0.2) is 14.2 Å². The Morgan fingerprint density at radius 3 is 2.14 bits per heavy atom. The van der Waals surface area contributed by atoms with Gasteiger partial charge in [-0.05, 0) is 69.5 Å². The summed E-state index contributed by atoms with van der Waals surface area (Å²) in [5.74, 6) is -2.37. The standard InChI is InChI=1S/C25H28F4N4O3/c1-14-5-6-15(2)33(14)23(35)18-9-7-17(8-10-18)16(3)30-24(36)32(4)31-22(34)19-11-20(25(27,28)29)13-21(26)12-19/h7-16H,5-6H2,1-4H3,(H,30,36)(H,31,34)/t14?,15?,16-/m1/s1. The average molecular weight is 509 g/mol. The number of halogens is 4. The third-order valence-corrected chi connectivity index (χ3v) is 6.25. The molecular formula is C25H28F4N4O3. The Kier molecular flexibility index (Phi) is 7.90. The van der Waals surface area contributed by atoms with E-state index in [0.717, 1.165) is 17.9 Å². The molecule has 2 unspecified atom stereocenters. The third-order valence-electron chi connectivity index (χ3n) is 6.25. The topological polar surface area (TPSA) is 81.8 Å². The second-order valence-corrected chi connectivity index (χ2v) is 9.01. The van der Waals surface area contributed by atoms with Crippen LogP contribution in [0.5, 0.6) is 0 Å². The van der Waals surface area contributed by atoms with Gasteiger partial charge >= 0.3 is 12.2 Å². The average Bonchev–Trinajstić information content (AvgIpc) is 3.15. The van der Waals surface area contributed by atoms with Gasteiger partial charge in [0.1, 0.15) is 5.82 Å². The Morgan fingerprint density at radius 2 is 1.58 bits per heavy atom. The number of carbonyl (C=O) groups is 3. The van der Waals surface area contributed by atoms with Crippen molar-refractivity contribution < 1.29 is 31.9 Å². The van der Waals surface area contributed by atoms with Crippen molar-refractivity contribution in [3.05, 3.63) is 70.5 Å². The fraction of sp³-hybridized carbons (Fsp3) is 0.400. The van der Waals surface area contributed by atoms with E-state index in [2.05, 4.69) is 10.7 Å². The zero-order valence-corrected chi connectivity index (χ0v) is 20.3. The van der Waals surface area contributed by atoms with Crippen molar-refractivity contribution in [2.45, 2.75) is 57.9 Å². The van der Waals surface area contributed by atoms with Gasteiger partial charge in [0.25, 0.3) is 11.8 Å². The van der Waals surface area contributed by atoms with Gasteiger partial charge in [0.15, 0.2) is 0 Å². The molecule has 0 aliphatic carbocycles. The van der Waals surface area contributed by atoms with E-state index in [1.54, 1.807) is 31.2 Å². The molecule has 2 N–H and O–H groups in total. The molecule has 1 saturated heterocycles. The van der Waals surface area contributed by atoms with E-state index in [1.165, 1.54) is 7.05 Å². The van der Waals surface area contributed by atoms with Crippen molar-refractivity contribution in [3.8, 4) is 0 Å². The first kappa shape index (κ1) is 27.0. The molecule has 1 aliphatic rings. The van der Waals surface area contributed by atoms with Crippen LogP contribution in [0.2, 0.25) is 0 Å². The number of alkyl halides is 3. The maximum atomic E-state index is 13.6. The van der Waals surface area contributed by atoms with Crippen molar-refractivity contribution in [3.63, 3.8) is 0 Å². The zero-order valence-electron chi connectivity index (χ0n) is 20.3. The van der Waals surface area contributed by atoms with E-state index in [1.807, 2.05) is 18.7 Å². The molecule has 0 spiro atoms. The number of hydrogen-bond acceptors (Lipinski definition) is 3. The number of rotatable bonds is 4. The number of benzene rings is 2. The number of hydrazine groups is 1. The highest BCUT2D eigenvalue weighted by molar-refractivity contribution is 5.96. The number of nitrogens with zero attached hydrogens (tertiary/aromatic N) is 2. The van der Waals surface area contributed by atoms with Crippen LogP contribution in [0.3, 0.4) is 0 Å². The summed E-state index contributed by atoms with van der Waals surface area (Å²) in [6.07, 6.45) is -2.91. The van der Waals surface area contributed by atoms with Gasteiger partial charge in [0.05, 0.1) is 11.6 Å². The second kappa shape index (κ2) is 10.5. The summed E-state index contributed by atoms with van der Waals surface area (Å²) in [6.45, 7) is 5.73. The van der Waals surface area contributed by atoms with Crippen LogP contribution >= 0.6 is 0 Å². The van der Waals surface area contributed by atoms with Crippen LogP contribution in [0, 0.1) is 5.82 Å². The summed E-state index contributed by atoms with van der Waals surface area (Å²) in [5.41, 5.74) is 1.45. The lowest BCUT2D eigenvalue weighted by atomic mass is 10.1. The van der Waals surface area contributed by atoms with Gasteiger partial charge in [0.2, 0.25) is 0 Å². The van der Waals surface area contributed by atoms with E-state index < -0.39 is 41.1 Å². The van der Waals surface area contributed by atoms with Crippen molar-refractivity contribution >= 4 is 17.8 Å². The lowest BCUT2D eigenvalue weighted by molar-refractivity contribution is -0.137. The number of carbonyl (C=O) groups excluding carboxylic acids is 3. The number of likely N-dealkylation sites (tertiary alicyclic amines) is 1. The molecule has 0 bridgehead atoms. The van der Waals surface area contributed by atoms with Crippen LogP contribution in [0.4, 0.5) is 22.4 Å². The van der Waals surface area contributed by atoms with Crippen LogP contribution in [0.15, 0.2) is 42.5 Å². The molecule has 3 atom stereocenters. The first-order valence-electron chi connectivity index (χ1n) is 11.4. The summed E-state index contributed by atoms with van der Waals surface area (Å²) >= 11 is 0. The largest absolute Gasteiger partial charge is 0.416 e. The van der Waals surface area contributed by atoms with Gasteiger partial charge < -0.3 is 10.2 Å². The maximum Gasteiger partial charge on any atom is 0.416 e. The third kappa shape index (κ3) is 6.13. The smallest absolute Gasteiger partial charge is 0.333 e. The first-order valence-corrected chi connectivity index (χ1v) is 11.4. The number of amides is 4. The highest BCUT2D eigenvalue weighted by Gasteiger charge is 2.33. The van der Waals surface area contributed by atoms with Crippen LogP contribution in [0.25, 0.3) is 0 Å². The Bertz CT molecular complexity index is 1130. The van der Waals surface area contributed by atoms with E-state index in [0.29, 0.717) is 23.3 Å². The molecule has 0 radical (unpaired) electrons. The van der Waals surface area contributed by atoms with Crippen LogP contribution in [-0.2, 0) is 6.18 Å². The molecule has 0 aromatic heterocycles. The quantitative estimate of drug-likeness (QED) is 0.455. The number of hydrogen-bond donors (Lipinski definition) is 2. The zero-order chi connectivity index (χ0) is 26.8. The van der Waals surface area contributed by atoms with Crippen molar-refractivity contribution in [1.29, 1.82) is 0 Å². The number of nitrogens with one attached hydrogen (secondary N) is 2. The van der Waals surface area contributed by atoms with Gasteiger partial charge in [-0.1, -0.05) is 12.1 Å². The summed E-state index contributed by atoms with van der Waals surface area (Å²) in [5, 5.41) is 3.40. The van der Waals surface area contributed by atoms with E-state index in [-0.39, 0.29) is 24.1 Å². The summed E-state index contributed by atoms with van der Waals surface area (Å²) in [7, 11) is 1.20. The van der Waals surface area contributed by atoms with Crippen molar-refractivity contribution in [2.24, 2.45) is 0 Å². The van der Waals surface area contributed by atoms with Crippen LogP contribution in [-0.4, -0.2) is 46.9 Å². The highest BCUT2D eigenvalue weighted by atomic mass is 19.4. The normalized spacial score (nSPS) is 18.5. The predicted octanol–water partition coefficient (Wildman–Crippen LogP) is 4.90. The molecule has 1 heterocycles.